The van der Waals surface area contributed by atoms with Crippen LogP contribution in [-0.4, -0.2) is 35.1 Å². The van der Waals surface area contributed by atoms with E-state index in [2.05, 4.69) is 11.8 Å². The van der Waals surface area contributed by atoms with Crippen molar-refractivity contribution in [2.45, 2.75) is 38.6 Å². The lowest BCUT2D eigenvalue weighted by Gasteiger charge is -2.37. The van der Waals surface area contributed by atoms with Crippen molar-refractivity contribution in [2.75, 3.05) is 13.1 Å². The van der Waals surface area contributed by atoms with E-state index in [-0.39, 0.29) is 6.04 Å². The summed E-state index contributed by atoms with van der Waals surface area (Å²) in [6.45, 7) is 4.09. The van der Waals surface area contributed by atoms with Crippen LogP contribution in [0.3, 0.4) is 0 Å². The quantitative estimate of drug-likeness (QED) is 0.634. The number of aliphatic carboxylic acids is 1. The smallest absolute Gasteiger partial charge is 0.320 e. The van der Waals surface area contributed by atoms with Crippen LogP contribution in [0, 0.1) is 0 Å². The van der Waals surface area contributed by atoms with Crippen LogP contribution < -0.4 is 0 Å². The number of hydrogen-bond acceptors (Lipinski definition) is 2. The van der Waals surface area contributed by atoms with Gasteiger partial charge in [-0.15, -0.1) is 0 Å². The average molecular weight is 171 g/mol. The van der Waals surface area contributed by atoms with E-state index in [9.17, 15) is 4.79 Å². The van der Waals surface area contributed by atoms with E-state index in [1.807, 2.05) is 0 Å². The molecule has 3 heteroatoms. The second-order valence-corrected chi connectivity index (χ2v) is 3.39. The fourth-order valence-electron chi connectivity index (χ4n) is 1.55. The Balaban J connectivity index is 2.12. The molecule has 0 radical (unpaired) electrons. The third kappa shape index (κ3) is 2.21. The molecule has 1 rings (SSSR count). The zero-order valence-electron chi connectivity index (χ0n) is 7.62. The van der Waals surface area contributed by atoms with Crippen molar-refractivity contribution in [3.05, 3.63) is 0 Å². The molecule has 1 fully saturated rings. The van der Waals surface area contributed by atoms with Gasteiger partial charge in [0.25, 0.3) is 0 Å². The molecule has 1 heterocycles. The molecule has 1 aliphatic heterocycles. The Kier molecular flexibility index (Phi) is 3.53. The van der Waals surface area contributed by atoms with Crippen LogP contribution in [0.1, 0.15) is 32.6 Å². The number of likely N-dealkylation sites (tertiary alicyclic amines) is 1. The molecule has 0 spiro atoms. The second kappa shape index (κ2) is 4.45. The molecule has 0 aromatic heterocycles. The summed E-state index contributed by atoms with van der Waals surface area (Å²) >= 11 is 0. The maximum atomic E-state index is 10.6. The van der Waals surface area contributed by atoms with Crippen molar-refractivity contribution >= 4 is 5.97 Å². The first-order chi connectivity index (χ1) is 5.75. The number of nitrogens with zero attached hydrogens (tertiary/aromatic N) is 1. The highest BCUT2D eigenvalue weighted by molar-refractivity contribution is 5.74. The van der Waals surface area contributed by atoms with E-state index in [1.165, 1.54) is 12.8 Å². The van der Waals surface area contributed by atoms with Crippen molar-refractivity contribution in [1.82, 2.24) is 4.90 Å². The molecule has 1 N–H and O–H groups in total. The van der Waals surface area contributed by atoms with E-state index >= 15 is 0 Å². The second-order valence-electron chi connectivity index (χ2n) is 3.39. The van der Waals surface area contributed by atoms with Gasteiger partial charge in [-0.2, -0.15) is 0 Å². The van der Waals surface area contributed by atoms with Crippen LogP contribution >= 0.6 is 0 Å². The average Bonchev–Trinajstić information content (AvgIpc) is 1.94. The lowest BCUT2D eigenvalue weighted by molar-refractivity contribution is -0.148. The molecule has 70 valence electrons. The summed E-state index contributed by atoms with van der Waals surface area (Å²) in [5.41, 5.74) is 0. The van der Waals surface area contributed by atoms with Crippen LogP contribution in [0.2, 0.25) is 0 Å². The summed E-state index contributed by atoms with van der Waals surface area (Å²) in [5.74, 6) is -0.655. The number of hydrogen-bond donors (Lipinski definition) is 1. The standard InChI is InChI=1S/C9H17NO2/c1-2-3-4-6-10-7-5-8(10)9(11)12/h8H,2-7H2,1H3,(H,11,12). The van der Waals surface area contributed by atoms with Crippen LogP contribution in [0.4, 0.5) is 0 Å². The van der Waals surface area contributed by atoms with E-state index in [1.54, 1.807) is 0 Å². The van der Waals surface area contributed by atoms with Crippen molar-refractivity contribution in [3.63, 3.8) is 0 Å². The molecule has 1 atom stereocenters. The number of carboxylic acids is 1. The van der Waals surface area contributed by atoms with Crippen molar-refractivity contribution in [1.29, 1.82) is 0 Å². The zero-order valence-corrected chi connectivity index (χ0v) is 7.62. The predicted octanol–water partition coefficient (Wildman–Crippen LogP) is 1.34. The Morgan fingerprint density at radius 3 is 2.75 bits per heavy atom. The van der Waals surface area contributed by atoms with Crippen LogP contribution in [-0.2, 0) is 4.79 Å². The van der Waals surface area contributed by atoms with Crippen molar-refractivity contribution in [2.24, 2.45) is 0 Å². The summed E-state index contributed by atoms with van der Waals surface area (Å²) in [6, 6.07) is -0.179. The summed E-state index contributed by atoms with van der Waals surface area (Å²) in [7, 11) is 0. The molecule has 0 aromatic rings. The number of rotatable bonds is 5. The molecule has 1 unspecified atom stereocenters. The minimum absolute atomic E-state index is 0.179. The molecule has 0 aliphatic carbocycles. The first kappa shape index (κ1) is 9.52. The van der Waals surface area contributed by atoms with Gasteiger partial charge < -0.3 is 5.11 Å². The lowest BCUT2D eigenvalue weighted by atomic mass is 10.0. The SMILES string of the molecule is CCCCCN1CCC1C(=O)O. The molecule has 3 nitrogen and oxygen atoms in total. The van der Waals surface area contributed by atoms with E-state index in [0.29, 0.717) is 0 Å². The normalized spacial score (nSPS) is 23.6. The largest absolute Gasteiger partial charge is 0.480 e. The first-order valence-electron chi connectivity index (χ1n) is 4.72. The molecular formula is C9H17NO2. The van der Waals surface area contributed by atoms with Crippen molar-refractivity contribution < 1.29 is 9.90 Å². The topological polar surface area (TPSA) is 40.5 Å². The highest BCUT2D eigenvalue weighted by Crippen LogP contribution is 2.17. The summed E-state index contributed by atoms with van der Waals surface area (Å²) in [6.07, 6.45) is 4.39. The van der Waals surface area contributed by atoms with Gasteiger partial charge in [0.1, 0.15) is 6.04 Å². The van der Waals surface area contributed by atoms with Gasteiger partial charge in [0, 0.05) is 6.54 Å². The minimum atomic E-state index is -0.655. The van der Waals surface area contributed by atoms with Gasteiger partial charge in [0.05, 0.1) is 0 Å². The highest BCUT2D eigenvalue weighted by atomic mass is 16.4. The van der Waals surface area contributed by atoms with Crippen molar-refractivity contribution in [3.8, 4) is 0 Å². The van der Waals surface area contributed by atoms with Gasteiger partial charge in [-0.1, -0.05) is 19.8 Å². The van der Waals surface area contributed by atoms with Gasteiger partial charge in [0.2, 0.25) is 0 Å². The first-order valence-corrected chi connectivity index (χ1v) is 4.72. The Bertz CT molecular complexity index is 159. The van der Waals surface area contributed by atoms with Crippen LogP contribution in [0.25, 0.3) is 0 Å². The Morgan fingerprint density at radius 1 is 1.58 bits per heavy atom. The third-order valence-electron chi connectivity index (χ3n) is 2.46. The Hall–Kier alpha value is -0.570. The number of carboxylic acid groups (broad SMARTS) is 1. The van der Waals surface area contributed by atoms with Crippen LogP contribution in [0.5, 0.6) is 0 Å². The van der Waals surface area contributed by atoms with Gasteiger partial charge in [0.15, 0.2) is 0 Å². The minimum Gasteiger partial charge on any atom is -0.480 e. The fourth-order valence-corrected chi connectivity index (χ4v) is 1.55. The van der Waals surface area contributed by atoms with Gasteiger partial charge in [-0.25, -0.2) is 0 Å². The summed E-state index contributed by atoms with van der Waals surface area (Å²) in [5, 5.41) is 8.72. The summed E-state index contributed by atoms with van der Waals surface area (Å²) < 4.78 is 0. The lowest BCUT2D eigenvalue weighted by Crippen LogP contribution is -2.52. The number of unbranched alkanes of at least 4 members (excludes halogenated alkanes) is 2. The van der Waals surface area contributed by atoms with Gasteiger partial charge in [-0.05, 0) is 19.4 Å². The monoisotopic (exact) mass is 171 g/mol. The Morgan fingerprint density at radius 2 is 2.33 bits per heavy atom. The van der Waals surface area contributed by atoms with Crippen LogP contribution in [0.15, 0.2) is 0 Å². The summed E-state index contributed by atoms with van der Waals surface area (Å²) in [4.78, 5) is 12.6. The van der Waals surface area contributed by atoms with Gasteiger partial charge >= 0.3 is 5.97 Å². The van der Waals surface area contributed by atoms with E-state index in [4.69, 9.17) is 5.11 Å². The molecule has 0 aromatic carbocycles. The fraction of sp³-hybridized carbons (Fsp3) is 0.889. The van der Waals surface area contributed by atoms with Gasteiger partial charge in [-0.3, -0.25) is 9.69 Å². The third-order valence-corrected chi connectivity index (χ3v) is 2.46. The highest BCUT2D eigenvalue weighted by Gasteiger charge is 2.32. The molecule has 0 saturated carbocycles. The molecule has 0 amide bonds. The molecule has 0 bridgehead atoms. The molecule has 12 heavy (non-hydrogen) atoms. The molecule has 1 aliphatic rings. The van der Waals surface area contributed by atoms with E-state index < -0.39 is 5.97 Å². The molecule has 1 saturated heterocycles. The maximum absolute atomic E-state index is 10.6. The Labute approximate surface area is 73.4 Å². The maximum Gasteiger partial charge on any atom is 0.320 e. The molecular weight excluding hydrogens is 154 g/mol. The number of carbonyl (C=O) groups is 1. The van der Waals surface area contributed by atoms with E-state index in [0.717, 1.165) is 25.9 Å². The predicted molar refractivity (Wildman–Crippen MR) is 47.1 cm³/mol. The zero-order chi connectivity index (χ0) is 8.97.